The Labute approximate surface area is 95.6 Å². The van der Waals surface area contributed by atoms with Gasteiger partial charge in [0.15, 0.2) is 0 Å². The van der Waals surface area contributed by atoms with Gasteiger partial charge in [0.1, 0.15) is 10.6 Å². The first-order chi connectivity index (χ1) is 6.79. The SMILES string of the molecule is COc1ccsc1C(=O)NCCCBr. The van der Waals surface area contributed by atoms with Crippen molar-refractivity contribution in [3.63, 3.8) is 0 Å². The van der Waals surface area contributed by atoms with Gasteiger partial charge in [-0.2, -0.15) is 0 Å². The van der Waals surface area contributed by atoms with E-state index >= 15 is 0 Å². The second-order valence-electron chi connectivity index (χ2n) is 2.62. The van der Waals surface area contributed by atoms with Crippen molar-refractivity contribution in [1.82, 2.24) is 5.32 Å². The first kappa shape index (κ1) is 11.5. The standard InChI is InChI=1S/C9H12BrNO2S/c1-13-7-3-6-14-8(7)9(12)11-5-2-4-10/h3,6H,2,4-5H2,1H3,(H,11,12). The van der Waals surface area contributed by atoms with E-state index in [0.717, 1.165) is 11.8 Å². The molecule has 0 aromatic carbocycles. The monoisotopic (exact) mass is 277 g/mol. The van der Waals surface area contributed by atoms with E-state index in [9.17, 15) is 4.79 Å². The average Bonchev–Trinajstić information content (AvgIpc) is 2.65. The molecular weight excluding hydrogens is 266 g/mol. The van der Waals surface area contributed by atoms with E-state index < -0.39 is 0 Å². The summed E-state index contributed by atoms with van der Waals surface area (Å²) in [7, 11) is 1.57. The fourth-order valence-corrected chi connectivity index (χ4v) is 2.03. The quantitative estimate of drug-likeness (QED) is 0.663. The minimum atomic E-state index is -0.0576. The molecule has 1 N–H and O–H groups in total. The van der Waals surface area contributed by atoms with Crippen LogP contribution < -0.4 is 10.1 Å². The second kappa shape index (κ2) is 6.03. The maximum Gasteiger partial charge on any atom is 0.265 e. The lowest BCUT2D eigenvalue weighted by Gasteiger charge is -2.03. The number of ether oxygens (including phenoxy) is 1. The highest BCUT2D eigenvalue weighted by molar-refractivity contribution is 9.09. The maximum absolute atomic E-state index is 11.6. The van der Waals surface area contributed by atoms with Crippen LogP contribution in [0.5, 0.6) is 5.75 Å². The van der Waals surface area contributed by atoms with Gasteiger partial charge in [-0.25, -0.2) is 0 Å². The van der Waals surface area contributed by atoms with E-state index in [0.29, 0.717) is 17.2 Å². The lowest BCUT2D eigenvalue weighted by atomic mass is 10.4. The van der Waals surface area contributed by atoms with E-state index in [-0.39, 0.29) is 5.91 Å². The van der Waals surface area contributed by atoms with Gasteiger partial charge in [0.25, 0.3) is 5.91 Å². The van der Waals surface area contributed by atoms with Crippen molar-refractivity contribution in [3.05, 3.63) is 16.3 Å². The molecule has 0 spiro atoms. The van der Waals surface area contributed by atoms with Crippen LogP contribution in [0.1, 0.15) is 16.1 Å². The van der Waals surface area contributed by atoms with Crippen LogP contribution in [0.25, 0.3) is 0 Å². The van der Waals surface area contributed by atoms with Crippen molar-refractivity contribution in [1.29, 1.82) is 0 Å². The van der Waals surface area contributed by atoms with E-state index in [1.807, 2.05) is 5.38 Å². The van der Waals surface area contributed by atoms with E-state index in [2.05, 4.69) is 21.2 Å². The van der Waals surface area contributed by atoms with Crippen LogP contribution in [0.4, 0.5) is 0 Å². The number of alkyl halides is 1. The minimum Gasteiger partial charge on any atom is -0.495 e. The number of carbonyl (C=O) groups excluding carboxylic acids is 1. The minimum absolute atomic E-state index is 0.0576. The van der Waals surface area contributed by atoms with Crippen LogP contribution >= 0.6 is 27.3 Å². The molecule has 0 saturated carbocycles. The normalized spacial score (nSPS) is 9.86. The van der Waals surface area contributed by atoms with Crippen LogP contribution in [0.2, 0.25) is 0 Å². The van der Waals surface area contributed by atoms with Crippen molar-refractivity contribution in [2.24, 2.45) is 0 Å². The van der Waals surface area contributed by atoms with Crippen molar-refractivity contribution in [3.8, 4) is 5.75 Å². The topological polar surface area (TPSA) is 38.3 Å². The predicted molar refractivity (Wildman–Crippen MR) is 61.6 cm³/mol. The number of thiophene rings is 1. The number of amides is 1. The molecule has 0 radical (unpaired) electrons. The smallest absolute Gasteiger partial charge is 0.265 e. The molecule has 78 valence electrons. The summed E-state index contributed by atoms with van der Waals surface area (Å²) in [6.07, 6.45) is 0.930. The van der Waals surface area contributed by atoms with Crippen LogP contribution in [0, 0.1) is 0 Å². The number of hydrogen-bond acceptors (Lipinski definition) is 3. The molecule has 1 heterocycles. The largest absolute Gasteiger partial charge is 0.495 e. The summed E-state index contributed by atoms with van der Waals surface area (Å²) in [5.74, 6) is 0.587. The maximum atomic E-state index is 11.6. The van der Waals surface area contributed by atoms with Gasteiger partial charge in [0, 0.05) is 11.9 Å². The fourth-order valence-electron chi connectivity index (χ4n) is 0.973. The number of methoxy groups -OCH3 is 1. The van der Waals surface area contributed by atoms with Gasteiger partial charge in [-0.1, -0.05) is 15.9 Å². The number of carbonyl (C=O) groups is 1. The molecule has 5 heteroatoms. The summed E-state index contributed by atoms with van der Waals surface area (Å²) < 4.78 is 5.05. The Kier molecular flexibility index (Phi) is 4.97. The van der Waals surface area contributed by atoms with Gasteiger partial charge in [0.2, 0.25) is 0 Å². The van der Waals surface area contributed by atoms with E-state index in [1.165, 1.54) is 11.3 Å². The number of hydrogen-bond donors (Lipinski definition) is 1. The number of rotatable bonds is 5. The van der Waals surface area contributed by atoms with Gasteiger partial charge in [0.05, 0.1) is 7.11 Å². The highest BCUT2D eigenvalue weighted by atomic mass is 79.9. The molecule has 1 amide bonds. The van der Waals surface area contributed by atoms with Gasteiger partial charge in [-0.3, -0.25) is 4.79 Å². The average molecular weight is 278 g/mol. The summed E-state index contributed by atoms with van der Waals surface area (Å²) in [4.78, 5) is 12.2. The van der Waals surface area contributed by atoms with Crippen molar-refractivity contribution in [2.75, 3.05) is 19.0 Å². The van der Waals surface area contributed by atoms with Crippen molar-refractivity contribution < 1.29 is 9.53 Å². The summed E-state index contributed by atoms with van der Waals surface area (Å²) in [5.41, 5.74) is 0. The lowest BCUT2D eigenvalue weighted by molar-refractivity contribution is 0.0955. The molecule has 14 heavy (non-hydrogen) atoms. The van der Waals surface area contributed by atoms with Gasteiger partial charge >= 0.3 is 0 Å². The summed E-state index contributed by atoms with van der Waals surface area (Å²) in [6, 6.07) is 1.80. The highest BCUT2D eigenvalue weighted by Crippen LogP contribution is 2.23. The van der Waals surface area contributed by atoms with Crippen LogP contribution in [-0.4, -0.2) is 24.9 Å². The van der Waals surface area contributed by atoms with Crippen LogP contribution in [0.15, 0.2) is 11.4 Å². The van der Waals surface area contributed by atoms with Crippen molar-refractivity contribution in [2.45, 2.75) is 6.42 Å². The van der Waals surface area contributed by atoms with Crippen molar-refractivity contribution >= 4 is 33.2 Å². The summed E-state index contributed by atoms with van der Waals surface area (Å²) in [6.45, 7) is 0.686. The molecule has 0 aliphatic heterocycles. The third-order valence-corrected chi connectivity index (χ3v) is 3.11. The Morgan fingerprint density at radius 2 is 2.50 bits per heavy atom. The first-order valence-corrected chi connectivity index (χ1v) is 6.25. The third kappa shape index (κ3) is 2.99. The van der Waals surface area contributed by atoms with Gasteiger partial charge in [-0.05, 0) is 17.9 Å². The molecule has 0 aliphatic carbocycles. The fraction of sp³-hybridized carbons (Fsp3) is 0.444. The zero-order chi connectivity index (χ0) is 10.4. The van der Waals surface area contributed by atoms with Crippen LogP contribution in [0.3, 0.4) is 0 Å². The Morgan fingerprint density at radius 3 is 3.14 bits per heavy atom. The highest BCUT2D eigenvalue weighted by Gasteiger charge is 2.12. The summed E-state index contributed by atoms with van der Waals surface area (Å²) >= 11 is 4.69. The molecule has 3 nitrogen and oxygen atoms in total. The number of nitrogens with one attached hydrogen (secondary N) is 1. The second-order valence-corrected chi connectivity index (χ2v) is 4.33. The Bertz CT molecular complexity index is 301. The molecule has 0 fully saturated rings. The lowest BCUT2D eigenvalue weighted by Crippen LogP contribution is -2.24. The summed E-state index contributed by atoms with van der Waals surface area (Å²) in [5, 5.41) is 5.57. The molecule has 1 aromatic rings. The Morgan fingerprint density at radius 1 is 1.71 bits per heavy atom. The molecule has 0 aliphatic rings. The molecular formula is C9H12BrNO2S. The zero-order valence-electron chi connectivity index (χ0n) is 7.88. The molecule has 1 aromatic heterocycles. The first-order valence-electron chi connectivity index (χ1n) is 4.25. The molecule has 0 atom stereocenters. The van der Waals surface area contributed by atoms with E-state index in [4.69, 9.17) is 4.74 Å². The van der Waals surface area contributed by atoms with Gasteiger partial charge in [-0.15, -0.1) is 11.3 Å². The Balaban J connectivity index is 2.51. The molecule has 1 rings (SSSR count). The third-order valence-electron chi connectivity index (χ3n) is 1.65. The number of halogens is 1. The molecule has 0 unspecified atom stereocenters. The predicted octanol–water partition coefficient (Wildman–Crippen LogP) is 2.27. The molecule has 0 saturated heterocycles. The van der Waals surface area contributed by atoms with E-state index in [1.54, 1.807) is 13.2 Å². The Hall–Kier alpha value is -0.550. The van der Waals surface area contributed by atoms with Gasteiger partial charge < -0.3 is 10.1 Å². The van der Waals surface area contributed by atoms with Crippen LogP contribution in [-0.2, 0) is 0 Å². The molecule has 0 bridgehead atoms. The zero-order valence-corrected chi connectivity index (χ0v) is 10.3.